The number of fused-ring (bicyclic) bond motifs is 1. The molecule has 0 bridgehead atoms. The second-order valence-corrected chi connectivity index (χ2v) is 5.17. The van der Waals surface area contributed by atoms with Crippen LogP contribution in [0, 0.1) is 0 Å². The van der Waals surface area contributed by atoms with Gasteiger partial charge in [0, 0.05) is 19.7 Å². The van der Waals surface area contributed by atoms with Gasteiger partial charge in [-0.2, -0.15) is 0 Å². The fraction of sp³-hybridized carbons (Fsp3) is 0.176. The predicted molar refractivity (Wildman–Crippen MR) is 89.9 cm³/mol. The Morgan fingerprint density at radius 2 is 1.91 bits per heavy atom. The largest absolute Gasteiger partial charge is 0.494 e. The van der Waals surface area contributed by atoms with E-state index in [1.165, 1.54) is 0 Å². The molecule has 1 heterocycles. The Labute approximate surface area is 129 Å². The second-order valence-electron chi connectivity index (χ2n) is 5.17. The smallest absolute Gasteiger partial charge is 0.229 e. The molecule has 5 heteroatoms. The van der Waals surface area contributed by atoms with Crippen molar-refractivity contribution in [1.29, 1.82) is 0 Å². The van der Waals surface area contributed by atoms with Crippen molar-refractivity contribution in [3.05, 3.63) is 42.5 Å². The van der Waals surface area contributed by atoms with E-state index in [4.69, 9.17) is 4.74 Å². The molecule has 0 aliphatic heterocycles. The first kappa shape index (κ1) is 14.1. The van der Waals surface area contributed by atoms with E-state index >= 15 is 0 Å². The van der Waals surface area contributed by atoms with Crippen molar-refractivity contribution in [2.75, 3.05) is 21.2 Å². The van der Waals surface area contributed by atoms with Crippen molar-refractivity contribution in [1.82, 2.24) is 14.9 Å². The molecule has 0 amide bonds. The van der Waals surface area contributed by atoms with Crippen molar-refractivity contribution < 1.29 is 4.74 Å². The Hall–Kier alpha value is -2.82. The van der Waals surface area contributed by atoms with Crippen LogP contribution in [0.2, 0.25) is 0 Å². The van der Waals surface area contributed by atoms with Gasteiger partial charge in [-0.25, -0.2) is 9.98 Å². The van der Waals surface area contributed by atoms with Crippen LogP contribution in [0.15, 0.2) is 47.5 Å². The number of H-pyrrole nitrogens is 1. The summed E-state index contributed by atoms with van der Waals surface area (Å²) in [5.74, 6) is 1.32. The standard InChI is InChI=1S/C17H18N4O/c1-21(2)11-18-17-19-15-13(12-7-5-4-6-8-12)9-10-14(22-3)16(15)20-17/h4-11H,1-3H3,(H,19,20)/b18-11-. The van der Waals surface area contributed by atoms with E-state index in [2.05, 4.69) is 27.1 Å². The Bertz CT molecular complexity index is 806. The maximum absolute atomic E-state index is 5.42. The minimum Gasteiger partial charge on any atom is -0.494 e. The number of benzene rings is 2. The van der Waals surface area contributed by atoms with Crippen LogP contribution in [0.25, 0.3) is 22.2 Å². The van der Waals surface area contributed by atoms with Gasteiger partial charge in [-0.15, -0.1) is 0 Å². The molecule has 0 fully saturated rings. The molecule has 0 saturated carbocycles. The maximum Gasteiger partial charge on any atom is 0.229 e. The van der Waals surface area contributed by atoms with Crippen LogP contribution in [0.5, 0.6) is 5.75 Å². The number of imidazole rings is 1. The minimum atomic E-state index is 0.561. The van der Waals surface area contributed by atoms with E-state index in [-0.39, 0.29) is 0 Å². The summed E-state index contributed by atoms with van der Waals surface area (Å²) in [7, 11) is 5.49. The van der Waals surface area contributed by atoms with E-state index in [0.717, 1.165) is 27.9 Å². The zero-order valence-electron chi connectivity index (χ0n) is 12.9. The summed E-state index contributed by atoms with van der Waals surface area (Å²) < 4.78 is 5.42. The summed E-state index contributed by atoms with van der Waals surface area (Å²) in [5, 5.41) is 0. The normalized spacial score (nSPS) is 11.2. The van der Waals surface area contributed by atoms with Crippen LogP contribution in [-0.2, 0) is 0 Å². The van der Waals surface area contributed by atoms with Crippen LogP contribution in [0.4, 0.5) is 5.95 Å². The zero-order chi connectivity index (χ0) is 15.5. The predicted octanol–water partition coefficient (Wildman–Crippen LogP) is 3.46. The zero-order valence-corrected chi connectivity index (χ0v) is 12.9. The molecule has 3 rings (SSSR count). The third kappa shape index (κ3) is 2.65. The summed E-state index contributed by atoms with van der Waals surface area (Å²) in [6, 6.07) is 14.1. The number of rotatable bonds is 4. The van der Waals surface area contributed by atoms with Gasteiger partial charge in [0.05, 0.1) is 13.4 Å². The van der Waals surface area contributed by atoms with Gasteiger partial charge in [0.15, 0.2) is 0 Å². The van der Waals surface area contributed by atoms with Crippen molar-refractivity contribution >= 4 is 23.3 Å². The Morgan fingerprint density at radius 1 is 1.14 bits per heavy atom. The quantitative estimate of drug-likeness (QED) is 0.592. The summed E-state index contributed by atoms with van der Waals surface area (Å²) >= 11 is 0. The monoisotopic (exact) mass is 294 g/mol. The molecule has 1 N–H and O–H groups in total. The Balaban J connectivity index is 2.18. The van der Waals surface area contributed by atoms with Gasteiger partial charge < -0.3 is 14.6 Å². The summed E-state index contributed by atoms with van der Waals surface area (Å²) in [6.07, 6.45) is 1.71. The Morgan fingerprint density at radius 3 is 2.59 bits per heavy atom. The van der Waals surface area contributed by atoms with Crippen LogP contribution < -0.4 is 4.74 Å². The molecule has 0 aliphatic rings. The van der Waals surface area contributed by atoms with Crippen LogP contribution in [-0.4, -0.2) is 42.4 Å². The number of nitrogens with one attached hydrogen (secondary N) is 1. The molecule has 112 valence electrons. The van der Waals surface area contributed by atoms with Gasteiger partial charge in [0.1, 0.15) is 16.8 Å². The molecule has 0 unspecified atom stereocenters. The highest BCUT2D eigenvalue weighted by Gasteiger charge is 2.13. The highest BCUT2D eigenvalue weighted by molar-refractivity contribution is 5.96. The molecular weight excluding hydrogens is 276 g/mol. The van der Waals surface area contributed by atoms with Crippen LogP contribution in [0.1, 0.15) is 0 Å². The molecular formula is C17H18N4O. The van der Waals surface area contributed by atoms with Gasteiger partial charge in [-0.3, -0.25) is 0 Å². The summed E-state index contributed by atoms with van der Waals surface area (Å²) in [6.45, 7) is 0. The van der Waals surface area contributed by atoms with Gasteiger partial charge in [0.2, 0.25) is 5.95 Å². The third-order valence-corrected chi connectivity index (χ3v) is 3.31. The highest BCUT2D eigenvalue weighted by atomic mass is 16.5. The van der Waals surface area contributed by atoms with Crippen molar-refractivity contribution in [3.8, 4) is 16.9 Å². The Kier molecular flexibility index (Phi) is 3.78. The second kappa shape index (κ2) is 5.89. The average molecular weight is 294 g/mol. The van der Waals surface area contributed by atoms with Crippen LogP contribution >= 0.6 is 0 Å². The van der Waals surface area contributed by atoms with Gasteiger partial charge in [-0.1, -0.05) is 30.3 Å². The lowest BCUT2D eigenvalue weighted by molar-refractivity contribution is 0.419. The van der Waals surface area contributed by atoms with Gasteiger partial charge in [-0.05, 0) is 17.7 Å². The number of aliphatic imine (C=N–C) groups is 1. The first-order chi connectivity index (χ1) is 10.7. The molecule has 1 aromatic heterocycles. The number of aromatic nitrogens is 2. The SMILES string of the molecule is COc1ccc(-c2ccccc2)c2nc(/N=C\N(C)C)[nH]c12. The maximum atomic E-state index is 5.42. The first-order valence-corrected chi connectivity index (χ1v) is 7.02. The molecule has 5 nitrogen and oxygen atoms in total. The number of aromatic amines is 1. The lowest BCUT2D eigenvalue weighted by atomic mass is 10.0. The number of hydrogen-bond acceptors (Lipinski definition) is 3. The van der Waals surface area contributed by atoms with E-state index in [0.29, 0.717) is 5.95 Å². The molecule has 0 spiro atoms. The number of ether oxygens (including phenoxy) is 1. The van der Waals surface area contributed by atoms with Crippen molar-refractivity contribution in [2.24, 2.45) is 4.99 Å². The number of methoxy groups -OCH3 is 1. The average Bonchev–Trinajstić information content (AvgIpc) is 2.97. The fourth-order valence-electron chi connectivity index (χ4n) is 2.31. The summed E-state index contributed by atoms with van der Waals surface area (Å²) in [4.78, 5) is 14.0. The minimum absolute atomic E-state index is 0.561. The molecule has 0 saturated heterocycles. The molecule has 2 aromatic carbocycles. The van der Waals surface area contributed by atoms with E-state index in [1.807, 2.05) is 49.3 Å². The molecule has 0 radical (unpaired) electrons. The topological polar surface area (TPSA) is 53.5 Å². The molecule has 22 heavy (non-hydrogen) atoms. The van der Waals surface area contributed by atoms with Crippen molar-refractivity contribution in [3.63, 3.8) is 0 Å². The number of nitrogens with zero attached hydrogens (tertiary/aromatic N) is 3. The first-order valence-electron chi connectivity index (χ1n) is 7.02. The fourth-order valence-corrected chi connectivity index (χ4v) is 2.31. The highest BCUT2D eigenvalue weighted by Crippen LogP contribution is 2.34. The van der Waals surface area contributed by atoms with E-state index < -0.39 is 0 Å². The summed E-state index contributed by atoms with van der Waals surface area (Å²) in [5.41, 5.74) is 3.88. The van der Waals surface area contributed by atoms with Gasteiger partial charge in [0.25, 0.3) is 0 Å². The molecule has 0 atom stereocenters. The van der Waals surface area contributed by atoms with E-state index in [9.17, 15) is 0 Å². The lowest BCUT2D eigenvalue weighted by Crippen LogP contribution is -2.07. The van der Waals surface area contributed by atoms with E-state index in [1.54, 1.807) is 13.4 Å². The van der Waals surface area contributed by atoms with Crippen LogP contribution in [0.3, 0.4) is 0 Å². The lowest BCUT2D eigenvalue weighted by Gasteiger charge is -2.05. The third-order valence-electron chi connectivity index (χ3n) is 3.31. The van der Waals surface area contributed by atoms with Gasteiger partial charge >= 0.3 is 0 Å². The molecule has 3 aromatic rings. The van der Waals surface area contributed by atoms with Crippen molar-refractivity contribution in [2.45, 2.75) is 0 Å². The number of hydrogen-bond donors (Lipinski definition) is 1. The molecule has 0 aliphatic carbocycles.